The predicted octanol–water partition coefficient (Wildman–Crippen LogP) is 2.41. The summed E-state index contributed by atoms with van der Waals surface area (Å²) in [5, 5.41) is 21.1. The van der Waals surface area contributed by atoms with Crippen LogP contribution in [0.1, 0.15) is 85.6 Å². The van der Waals surface area contributed by atoms with Gasteiger partial charge in [0.25, 0.3) is 5.91 Å². The van der Waals surface area contributed by atoms with E-state index in [0.717, 1.165) is 0 Å². The van der Waals surface area contributed by atoms with Crippen LogP contribution in [0.2, 0.25) is 5.02 Å². The Morgan fingerprint density at radius 3 is 2.30 bits per heavy atom. The summed E-state index contributed by atoms with van der Waals surface area (Å²) in [4.78, 5) is 98.8. The number of amides is 7. The molecule has 0 unspecified atom stereocenters. The standard InChI is InChI=1S/C40H58ClF4N7O8/c1-8-27(48-35(56)31-20-26(42)21-52(31)38(59)39(6,60)40(43,44)45)37(58)51(9-2)29-15-10-11-16-46-32(53)23(5)47-34(55)30(19-24-13-12-14-25(41)18-24)50(7)36(57)28(17-22(3)4)49-33(29)54/h12-14,18,22-23,26-31,60H,8-11,15-17,19-21H2,1-7H3,(H,46,53)(H,47,55)(H,48,56)(H,49,54)/t23-,26-,27+,28+,29+,30+,31+,39-/m1/s1. The Balaban J connectivity index is 1.97. The molecule has 1 aromatic carbocycles. The molecule has 1 aromatic rings. The Labute approximate surface area is 352 Å². The highest BCUT2D eigenvalue weighted by Gasteiger charge is 2.59. The van der Waals surface area contributed by atoms with Gasteiger partial charge in [0.15, 0.2) is 0 Å². The number of aliphatic hydroxyl groups is 1. The van der Waals surface area contributed by atoms with Gasteiger partial charge in [0, 0.05) is 38.0 Å². The van der Waals surface area contributed by atoms with Crippen molar-refractivity contribution in [1.82, 2.24) is 36.0 Å². The Morgan fingerprint density at radius 1 is 1.05 bits per heavy atom. The number of likely N-dealkylation sites (N-methyl/N-ethyl adjacent to an activating group) is 2. The molecule has 2 fully saturated rings. The summed E-state index contributed by atoms with van der Waals surface area (Å²) < 4.78 is 55.2. The van der Waals surface area contributed by atoms with Crippen molar-refractivity contribution in [2.24, 2.45) is 5.92 Å². The van der Waals surface area contributed by atoms with E-state index >= 15 is 0 Å². The van der Waals surface area contributed by atoms with Gasteiger partial charge >= 0.3 is 6.18 Å². The number of carbonyl (C=O) groups is 7. The summed E-state index contributed by atoms with van der Waals surface area (Å²) in [5.74, 6) is -6.44. The SMILES string of the molecule is CC[C@H](NC(=O)[C@@H]1C[C@@H](F)CN1C(=O)[C@@](C)(O)C(F)(F)F)C(=O)N(CC)[C@H]1CCCCNC(=O)[C@@H](C)NC(=O)[C@H](Cc2cccc(Cl)c2)N(C)C(=O)[C@H](CC(C)C)NC1=O. The van der Waals surface area contributed by atoms with E-state index in [2.05, 4.69) is 21.3 Å². The number of nitrogens with one attached hydrogen (secondary N) is 4. The van der Waals surface area contributed by atoms with Crippen LogP contribution in [-0.2, 0) is 40.0 Å². The molecule has 15 nitrogen and oxygen atoms in total. The van der Waals surface area contributed by atoms with Crippen molar-refractivity contribution >= 4 is 53.0 Å². The number of likely N-dealkylation sites (tertiary alicyclic amines) is 1. The summed E-state index contributed by atoms with van der Waals surface area (Å²) in [5.41, 5.74) is -3.29. The van der Waals surface area contributed by atoms with Crippen LogP contribution < -0.4 is 21.3 Å². The third kappa shape index (κ3) is 12.5. The molecule has 20 heteroatoms. The van der Waals surface area contributed by atoms with Gasteiger partial charge in [-0.1, -0.05) is 44.5 Å². The predicted molar refractivity (Wildman–Crippen MR) is 213 cm³/mol. The molecule has 0 saturated carbocycles. The largest absolute Gasteiger partial charge is 0.426 e. The van der Waals surface area contributed by atoms with E-state index in [4.69, 9.17) is 11.6 Å². The van der Waals surface area contributed by atoms with Gasteiger partial charge in [-0.25, -0.2) is 4.39 Å². The van der Waals surface area contributed by atoms with Crippen LogP contribution in [0.3, 0.4) is 0 Å². The Hall–Kier alpha value is -4.52. The molecular weight excluding hydrogens is 818 g/mol. The smallest absolute Gasteiger partial charge is 0.373 e. The lowest BCUT2D eigenvalue weighted by Crippen LogP contribution is -2.62. The van der Waals surface area contributed by atoms with Crippen molar-refractivity contribution in [2.75, 3.05) is 26.7 Å². The van der Waals surface area contributed by atoms with Crippen LogP contribution >= 0.6 is 11.6 Å². The van der Waals surface area contributed by atoms with Gasteiger partial charge in [-0.15, -0.1) is 0 Å². The van der Waals surface area contributed by atoms with Gasteiger partial charge in [0.2, 0.25) is 41.0 Å². The van der Waals surface area contributed by atoms with E-state index in [1.807, 2.05) is 13.8 Å². The molecule has 2 saturated heterocycles. The number of benzene rings is 1. The van der Waals surface area contributed by atoms with Crippen LogP contribution in [0, 0.1) is 5.92 Å². The zero-order valence-corrected chi connectivity index (χ0v) is 35.8. The summed E-state index contributed by atoms with van der Waals surface area (Å²) in [6.07, 6.45) is -7.30. The first-order valence-corrected chi connectivity index (χ1v) is 20.6. The Morgan fingerprint density at radius 2 is 1.72 bits per heavy atom. The molecule has 0 aliphatic carbocycles. The second kappa shape index (κ2) is 21.3. The maximum atomic E-state index is 14.6. The number of hydrogen-bond donors (Lipinski definition) is 5. The lowest BCUT2D eigenvalue weighted by atomic mass is 9.98. The number of carbonyl (C=O) groups excluding carboxylic acids is 7. The van der Waals surface area contributed by atoms with E-state index in [0.29, 0.717) is 21.9 Å². The molecule has 8 atom stereocenters. The van der Waals surface area contributed by atoms with E-state index < -0.39 is 109 Å². The fourth-order valence-electron chi connectivity index (χ4n) is 7.28. The third-order valence-corrected chi connectivity index (χ3v) is 11.1. The molecule has 2 heterocycles. The summed E-state index contributed by atoms with van der Waals surface area (Å²) in [6.45, 7) is 7.63. The molecule has 60 heavy (non-hydrogen) atoms. The Bertz CT molecular complexity index is 1730. The van der Waals surface area contributed by atoms with E-state index in [-0.39, 0.29) is 58.0 Å². The van der Waals surface area contributed by atoms with Crippen molar-refractivity contribution < 1.29 is 56.2 Å². The van der Waals surface area contributed by atoms with Crippen LogP contribution in [0.15, 0.2) is 24.3 Å². The zero-order chi connectivity index (χ0) is 45.3. The van der Waals surface area contributed by atoms with Crippen molar-refractivity contribution in [3.8, 4) is 0 Å². The van der Waals surface area contributed by atoms with Crippen molar-refractivity contribution in [3.63, 3.8) is 0 Å². The molecule has 7 amide bonds. The molecule has 0 spiro atoms. The normalized spacial score (nSPS) is 25.5. The van der Waals surface area contributed by atoms with Crippen LogP contribution in [0.5, 0.6) is 0 Å². The first-order valence-electron chi connectivity index (χ1n) is 20.2. The van der Waals surface area contributed by atoms with Crippen LogP contribution in [0.4, 0.5) is 17.6 Å². The first kappa shape index (κ1) is 49.8. The highest BCUT2D eigenvalue weighted by molar-refractivity contribution is 6.30. The average Bonchev–Trinajstić information content (AvgIpc) is 3.57. The average molecular weight is 876 g/mol. The maximum Gasteiger partial charge on any atom is 0.426 e. The lowest BCUT2D eigenvalue weighted by molar-refractivity contribution is -0.250. The zero-order valence-electron chi connectivity index (χ0n) is 35.0. The number of nitrogens with zero attached hydrogens (tertiary/aromatic N) is 3. The van der Waals surface area contributed by atoms with Crippen LogP contribution in [0.25, 0.3) is 0 Å². The van der Waals surface area contributed by atoms with Gasteiger partial charge in [-0.3, -0.25) is 33.6 Å². The second-order valence-electron chi connectivity index (χ2n) is 16.0. The minimum Gasteiger partial charge on any atom is -0.373 e. The topological polar surface area (TPSA) is 198 Å². The van der Waals surface area contributed by atoms with Gasteiger partial charge in [0.1, 0.15) is 42.4 Å². The summed E-state index contributed by atoms with van der Waals surface area (Å²) in [6, 6.07) is -1.02. The quantitative estimate of drug-likeness (QED) is 0.209. The molecule has 0 radical (unpaired) electrons. The number of halogens is 5. The summed E-state index contributed by atoms with van der Waals surface area (Å²) in [7, 11) is 1.41. The van der Waals surface area contributed by atoms with E-state index in [1.54, 1.807) is 31.2 Å². The minimum absolute atomic E-state index is 0.0105. The first-order chi connectivity index (χ1) is 27.9. The van der Waals surface area contributed by atoms with E-state index in [9.17, 15) is 56.2 Å². The highest BCUT2D eigenvalue weighted by Crippen LogP contribution is 2.34. The fraction of sp³-hybridized carbons (Fsp3) is 0.675. The molecular formula is C40H58ClF4N7O8. The van der Waals surface area contributed by atoms with Gasteiger partial charge < -0.3 is 41.1 Å². The summed E-state index contributed by atoms with van der Waals surface area (Å²) >= 11 is 6.22. The van der Waals surface area contributed by atoms with Crippen LogP contribution in [-0.4, -0.2) is 142 Å². The van der Waals surface area contributed by atoms with Gasteiger partial charge in [-0.2, -0.15) is 13.2 Å². The molecule has 5 N–H and O–H groups in total. The Kier molecular flexibility index (Phi) is 17.7. The van der Waals surface area contributed by atoms with Crippen molar-refractivity contribution in [3.05, 3.63) is 34.9 Å². The molecule has 2 aliphatic heterocycles. The van der Waals surface area contributed by atoms with E-state index in [1.165, 1.54) is 30.7 Å². The lowest BCUT2D eigenvalue weighted by Gasteiger charge is -2.36. The number of alkyl halides is 4. The monoisotopic (exact) mass is 875 g/mol. The third-order valence-electron chi connectivity index (χ3n) is 10.8. The van der Waals surface area contributed by atoms with Gasteiger partial charge in [-0.05, 0) is 76.5 Å². The molecule has 0 bridgehead atoms. The molecule has 336 valence electrons. The second-order valence-corrected chi connectivity index (χ2v) is 16.4. The molecule has 0 aromatic heterocycles. The molecule has 3 rings (SSSR count). The van der Waals surface area contributed by atoms with Gasteiger partial charge in [0.05, 0.1) is 6.54 Å². The minimum atomic E-state index is -5.43. The fourth-order valence-corrected chi connectivity index (χ4v) is 7.49. The maximum absolute atomic E-state index is 14.6. The molecule has 2 aliphatic rings. The van der Waals surface area contributed by atoms with Crippen molar-refractivity contribution in [2.45, 2.75) is 141 Å². The number of rotatable bonds is 11. The number of hydrogen-bond acceptors (Lipinski definition) is 8. The highest BCUT2D eigenvalue weighted by atomic mass is 35.5. The van der Waals surface area contributed by atoms with Crippen molar-refractivity contribution in [1.29, 1.82) is 0 Å².